The Bertz CT molecular complexity index is 222. The van der Waals surface area contributed by atoms with Crippen LogP contribution in [-0.2, 0) is 9.53 Å². The summed E-state index contributed by atoms with van der Waals surface area (Å²) in [6.07, 6.45) is 2.41. The van der Waals surface area contributed by atoms with Crippen molar-refractivity contribution >= 4 is 5.97 Å². The lowest BCUT2D eigenvalue weighted by atomic mass is 9.93. The van der Waals surface area contributed by atoms with Crippen LogP contribution in [0.5, 0.6) is 0 Å². The van der Waals surface area contributed by atoms with E-state index in [1.165, 1.54) is 0 Å². The zero-order valence-corrected chi connectivity index (χ0v) is 6.88. The highest BCUT2D eigenvalue weighted by Crippen LogP contribution is 2.59. The number of rotatable bonds is 1. The molecule has 0 bridgehead atoms. The minimum Gasteiger partial charge on any atom is -0.480 e. The van der Waals surface area contributed by atoms with E-state index >= 15 is 0 Å². The van der Waals surface area contributed by atoms with Gasteiger partial charge < -0.3 is 15.6 Å². The van der Waals surface area contributed by atoms with Gasteiger partial charge in [0.05, 0.1) is 6.61 Å². The SMILES string of the molecule is N[C@]1(C(=O)O)C[C@@]12CCCOC2. The van der Waals surface area contributed by atoms with Gasteiger partial charge in [-0.3, -0.25) is 4.79 Å². The number of hydrogen-bond donors (Lipinski definition) is 2. The summed E-state index contributed by atoms with van der Waals surface area (Å²) < 4.78 is 5.25. The summed E-state index contributed by atoms with van der Waals surface area (Å²) in [7, 11) is 0. The molecule has 0 aromatic heterocycles. The predicted molar refractivity (Wildman–Crippen MR) is 41.7 cm³/mol. The highest BCUT2D eigenvalue weighted by Gasteiger charge is 2.70. The fourth-order valence-corrected chi connectivity index (χ4v) is 2.14. The van der Waals surface area contributed by atoms with Crippen molar-refractivity contribution in [3.05, 3.63) is 0 Å². The van der Waals surface area contributed by atoms with Gasteiger partial charge in [0.15, 0.2) is 0 Å². The molecule has 0 radical (unpaired) electrons. The monoisotopic (exact) mass is 171 g/mol. The van der Waals surface area contributed by atoms with E-state index in [4.69, 9.17) is 15.6 Å². The standard InChI is InChI=1S/C8H13NO3/c9-8(6(10)11)4-7(8)2-1-3-12-5-7/h1-5,9H2,(H,10,11)/t7-,8+/m1/s1. The molecule has 4 heteroatoms. The maximum Gasteiger partial charge on any atom is 0.324 e. The van der Waals surface area contributed by atoms with Crippen LogP contribution in [0.3, 0.4) is 0 Å². The van der Waals surface area contributed by atoms with Gasteiger partial charge in [-0.1, -0.05) is 0 Å². The van der Waals surface area contributed by atoms with Crippen LogP contribution in [-0.4, -0.2) is 29.8 Å². The first-order valence-corrected chi connectivity index (χ1v) is 4.21. The van der Waals surface area contributed by atoms with E-state index in [9.17, 15) is 4.79 Å². The van der Waals surface area contributed by atoms with Crippen molar-refractivity contribution < 1.29 is 14.6 Å². The van der Waals surface area contributed by atoms with Crippen LogP contribution < -0.4 is 5.73 Å². The quantitative estimate of drug-likeness (QED) is 0.581. The normalized spacial score (nSPS) is 46.1. The number of aliphatic carboxylic acids is 1. The van der Waals surface area contributed by atoms with Gasteiger partial charge in [-0.15, -0.1) is 0 Å². The second kappa shape index (κ2) is 2.20. The molecule has 68 valence electrons. The molecule has 1 aliphatic heterocycles. The Labute approximate surface area is 70.7 Å². The zero-order valence-electron chi connectivity index (χ0n) is 6.88. The molecule has 12 heavy (non-hydrogen) atoms. The molecule has 1 spiro atoms. The van der Waals surface area contributed by atoms with Crippen LogP contribution in [0.2, 0.25) is 0 Å². The summed E-state index contributed by atoms with van der Waals surface area (Å²) in [5.74, 6) is -0.881. The van der Waals surface area contributed by atoms with Crippen molar-refractivity contribution in [3.63, 3.8) is 0 Å². The van der Waals surface area contributed by atoms with Crippen molar-refractivity contribution in [2.24, 2.45) is 11.1 Å². The lowest BCUT2D eigenvalue weighted by Gasteiger charge is -2.24. The largest absolute Gasteiger partial charge is 0.480 e. The average molecular weight is 171 g/mol. The number of carboxylic acid groups (broad SMARTS) is 1. The van der Waals surface area contributed by atoms with Crippen LogP contribution >= 0.6 is 0 Å². The molecule has 0 amide bonds. The molecule has 1 aliphatic carbocycles. The molecule has 1 heterocycles. The second-order valence-electron chi connectivity index (χ2n) is 3.89. The van der Waals surface area contributed by atoms with Crippen molar-refractivity contribution in [1.29, 1.82) is 0 Å². The second-order valence-corrected chi connectivity index (χ2v) is 3.89. The number of ether oxygens (including phenoxy) is 1. The van der Waals surface area contributed by atoms with Gasteiger partial charge in [0.1, 0.15) is 5.54 Å². The Kier molecular flexibility index (Phi) is 1.47. The number of nitrogens with two attached hydrogens (primary N) is 1. The summed E-state index contributed by atoms with van der Waals surface area (Å²) in [6, 6.07) is 0. The molecule has 2 atom stereocenters. The Morgan fingerprint density at radius 2 is 2.33 bits per heavy atom. The minimum absolute atomic E-state index is 0.239. The highest BCUT2D eigenvalue weighted by atomic mass is 16.5. The molecular formula is C8H13NO3. The van der Waals surface area contributed by atoms with E-state index in [1.807, 2.05) is 0 Å². The smallest absolute Gasteiger partial charge is 0.324 e. The third-order valence-electron chi connectivity index (χ3n) is 3.14. The molecule has 0 aromatic rings. The van der Waals surface area contributed by atoms with E-state index in [0.29, 0.717) is 13.0 Å². The van der Waals surface area contributed by atoms with Crippen LogP contribution in [0.15, 0.2) is 0 Å². The van der Waals surface area contributed by atoms with Gasteiger partial charge in [0.2, 0.25) is 0 Å². The topological polar surface area (TPSA) is 72.6 Å². The fraction of sp³-hybridized carbons (Fsp3) is 0.875. The lowest BCUT2D eigenvalue weighted by molar-refractivity contribution is -0.141. The molecule has 0 unspecified atom stereocenters. The van der Waals surface area contributed by atoms with E-state index in [1.54, 1.807) is 0 Å². The van der Waals surface area contributed by atoms with Crippen molar-refractivity contribution in [1.82, 2.24) is 0 Å². The van der Waals surface area contributed by atoms with Crippen molar-refractivity contribution in [2.75, 3.05) is 13.2 Å². The number of hydrogen-bond acceptors (Lipinski definition) is 3. The van der Waals surface area contributed by atoms with Gasteiger partial charge in [-0.25, -0.2) is 0 Å². The van der Waals surface area contributed by atoms with E-state index < -0.39 is 11.5 Å². The molecule has 0 aromatic carbocycles. The third kappa shape index (κ3) is 0.820. The maximum absolute atomic E-state index is 10.8. The fourth-order valence-electron chi connectivity index (χ4n) is 2.14. The van der Waals surface area contributed by atoms with Gasteiger partial charge in [-0.05, 0) is 19.3 Å². The number of carboxylic acids is 1. The molecule has 1 saturated carbocycles. The van der Waals surface area contributed by atoms with Gasteiger partial charge in [0.25, 0.3) is 0 Å². The summed E-state index contributed by atoms with van der Waals surface area (Å²) in [6.45, 7) is 1.27. The van der Waals surface area contributed by atoms with Gasteiger partial charge in [0, 0.05) is 12.0 Å². The Hall–Kier alpha value is -0.610. The van der Waals surface area contributed by atoms with Crippen molar-refractivity contribution in [2.45, 2.75) is 24.8 Å². The van der Waals surface area contributed by atoms with E-state index in [0.717, 1.165) is 19.4 Å². The lowest BCUT2D eigenvalue weighted by Crippen LogP contribution is -2.42. The first-order valence-electron chi connectivity index (χ1n) is 4.21. The zero-order chi connectivity index (χ0) is 8.82. The first-order chi connectivity index (χ1) is 5.61. The van der Waals surface area contributed by atoms with Gasteiger partial charge >= 0.3 is 5.97 Å². The molecule has 2 aliphatic rings. The molecule has 2 fully saturated rings. The molecular weight excluding hydrogens is 158 g/mol. The van der Waals surface area contributed by atoms with E-state index in [-0.39, 0.29) is 5.41 Å². The summed E-state index contributed by atoms with van der Waals surface area (Å²) in [4.78, 5) is 10.8. The van der Waals surface area contributed by atoms with Crippen molar-refractivity contribution in [3.8, 4) is 0 Å². The third-order valence-corrected chi connectivity index (χ3v) is 3.14. The van der Waals surface area contributed by atoms with Crippen LogP contribution in [0.25, 0.3) is 0 Å². The number of carbonyl (C=O) groups is 1. The molecule has 3 N–H and O–H groups in total. The van der Waals surface area contributed by atoms with Gasteiger partial charge in [-0.2, -0.15) is 0 Å². The molecule has 2 rings (SSSR count). The molecule has 4 nitrogen and oxygen atoms in total. The molecule has 1 saturated heterocycles. The minimum atomic E-state index is -0.993. The summed E-state index contributed by atoms with van der Waals surface area (Å²) in [5.41, 5.74) is 4.49. The Balaban J connectivity index is 2.12. The first kappa shape index (κ1) is 8.01. The van der Waals surface area contributed by atoms with Crippen LogP contribution in [0.1, 0.15) is 19.3 Å². The average Bonchev–Trinajstić information content (AvgIpc) is 2.59. The predicted octanol–water partition coefficient (Wildman–Crippen LogP) is -0.0310. The van der Waals surface area contributed by atoms with Crippen LogP contribution in [0, 0.1) is 5.41 Å². The van der Waals surface area contributed by atoms with Crippen LogP contribution in [0.4, 0.5) is 0 Å². The highest BCUT2D eigenvalue weighted by molar-refractivity contribution is 5.84. The maximum atomic E-state index is 10.8. The summed E-state index contributed by atoms with van der Waals surface area (Å²) in [5, 5.41) is 8.85. The Morgan fingerprint density at radius 3 is 2.75 bits per heavy atom. The Morgan fingerprint density at radius 1 is 1.58 bits per heavy atom. The van der Waals surface area contributed by atoms with E-state index in [2.05, 4.69) is 0 Å². The summed E-state index contributed by atoms with van der Waals surface area (Å²) >= 11 is 0.